The zero-order valence-electron chi connectivity index (χ0n) is 10.5. The molecule has 0 bridgehead atoms. The third-order valence-electron chi connectivity index (χ3n) is 3.16. The largest absolute Gasteiger partial charge is 0.395 e. The van der Waals surface area contributed by atoms with Crippen molar-refractivity contribution in [3.63, 3.8) is 0 Å². The highest BCUT2D eigenvalue weighted by Gasteiger charge is 2.19. The topological polar surface area (TPSA) is 100 Å². The summed E-state index contributed by atoms with van der Waals surface area (Å²) in [4.78, 5) is 11.0. The smallest absolute Gasteiger partial charge is 0.245 e. The van der Waals surface area contributed by atoms with Crippen LogP contribution in [0.3, 0.4) is 0 Å². The van der Waals surface area contributed by atoms with Crippen molar-refractivity contribution >= 4 is 22.9 Å². The van der Waals surface area contributed by atoms with Crippen molar-refractivity contribution in [3.8, 4) is 0 Å². The Hall–Kier alpha value is -1.96. The second-order valence-electron chi connectivity index (χ2n) is 4.51. The van der Waals surface area contributed by atoms with Crippen molar-refractivity contribution in [2.45, 2.75) is 19.3 Å². The normalized spacial score (nSPS) is 15.9. The van der Waals surface area contributed by atoms with Crippen molar-refractivity contribution < 1.29 is 9.74 Å². The number of rotatable bonds is 4. The van der Waals surface area contributed by atoms with E-state index < -0.39 is 0 Å². The molecule has 3 heterocycles. The molecule has 2 aromatic heterocycles. The van der Waals surface area contributed by atoms with Gasteiger partial charge in [0.2, 0.25) is 11.3 Å². The lowest BCUT2D eigenvalue weighted by molar-refractivity contribution is 0.311. The lowest BCUT2D eigenvalue weighted by Crippen LogP contribution is -2.31. The van der Waals surface area contributed by atoms with Crippen molar-refractivity contribution in [3.05, 3.63) is 0 Å². The van der Waals surface area contributed by atoms with Crippen LogP contribution in [0.25, 0.3) is 11.3 Å². The van der Waals surface area contributed by atoms with Gasteiger partial charge in [0.1, 0.15) is 0 Å². The van der Waals surface area contributed by atoms with Gasteiger partial charge in [-0.3, -0.25) is 0 Å². The molecule has 8 nitrogen and oxygen atoms in total. The SMILES string of the molecule is OCCNc1nc2nonc2nc1N1CCCCC1. The number of hydrogen-bond acceptors (Lipinski definition) is 8. The van der Waals surface area contributed by atoms with Gasteiger partial charge in [0.15, 0.2) is 11.6 Å². The number of aliphatic hydroxyl groups is 1. The van der Waals surface area contributed by atoms with Crippen LogP contribution in [0.5, 0.6) is 0 Å². The van der Waals surface area contributed by atoms with E-state index in [2.05, 4.69) is 35.1 Å². The second-order valence-corrected chi connectivity index (χ2v) is 4.51. The van der Waals surface area contributed by atoms with E-state index in [0.29, 0.717) is 23.7 Å². The summed E-state index contributed by atoms with van der Waals surface area (Å²) < 4.78 is 4.65. The molecule has 2 aromatic rings. The highest BCUT2D eigenvalue weighted by molar-refractivity contribution is 5.74. The molecule has 0 radical (unpaired) electrons. The van der Waals surface area contributed by atoms with Crippen molar-refractivity contribution in [2.24, 2.45) is 0 Å². The molecule has 0 aromatic carbocycles. The number of aromatic nitrogens is 4. The first kappa shape index (κ1) is 12.1. The van der Waals surface area contributed by atoms with E-state index in [1.807, 2.05) is 0 Å². The minimum atomic E-state index is 0.0379. The third kappa shape index (κ3) is 2.43. The summed E-state index contributed by atoms with van der Waals surface area (Å²) in [5.41, 5.74) is 0.788. The summed E-state index contributed by atoms with van der Waals surface area (Å²) in [6, 6.07) is 0. The maximum atomic E-state index is 8.93. The van der Waals surface area contributed by atoms with Crippen LogP contribution >= 0.6 is 0 Å². The lowest BCUT2D eigenvalue weighted by atomic mass is 10.1. The minimum Gasteiger partial charge on any atom is -0.395 e. The molecule has 8 heteroatoms. The molecule has 1 aliphatic heterocycles. The highest BCUT2D eigenvalue weighted by Crippen LogP contribution is 2.26. The molecule has 102 valence electrons. The maximum absolute atomic E-state index is 8.93. The first-order chi connectivity index (χ1) is 9.38. The molecule has 0 aliphatic carbocycles. The fourth-order valence-corrected chi connectivity index (χ4v) is 2.25. The van der Waals surface area contributed by atoms with Crippen LogP contribution in [0.4, 0.5) is 11.6 Å². The first-order valence-corrected chi connectivity index (χ1v) is 6.48. The second kappa shape index (κ2) is 5.35. The minimum absolute atomic E-state index is 0.0379. The number of nitrogens with one attached hydrogen (secondary N) is 1. The summed E-state index contributed by atoms with van der Waals surface area (Å²) in [5.74, 6) is 1.38. The quantitative estimate of drug-likeness (QED) is 0.818. The standard InChI is InChI=1S/C11H16N6O2/c18-7-4-12-10-11(17-5-2-1-3-6-17)14-9-8(13-10)15-19-16-9/h18H,1-7H2,(H,12,13,15). The van der Waals surface area contributed by atoms with Gasteiger partial charge >= 0.3 is 0 Å². The Kier molecular flexibility index (Phi) is 3.41. The summed E-state index contributed by atoms with van der Waals surface area (Å²) in [6.07, 6.45) is 3.55. The molecule has 0 unspecified atom stereocenters. The Labute approximate surface area is 109 Å². The van der Waals surface area contributed by atoms with Crippen LogP contribution in [-0.2, 0) is 0 Å². The zero-order chi connectivity index (χ0) is 13.1. The first-order valence-electron chi connectivity index (χ1n) is 6.48. The Morgan fingerprint density at radius 1 is 1.11 bits per heavy atom. The fourth-order valence-electron chi connectivity index (χ4n) is 2.25. The van der Waals surface area contributed by atoms with Gasteiger partial charge in [-0.2, -0.15) is 0 Å². The predicted molar refractivity (Wildman–Crippen MR) is 69.0 cm³/mol. The number of piperidine rings is 1. The molecule has 0 amide bonds. The molecule has 3 rings (SSSR count). The van der Waals surface area contributed by atoms with Gasteiger partial charge in [-0.1, -0.05) is 0 Å². The van der Waals surface area contributed by atoms with E-state index >= 15 is 0 Å². The number of hydrogen-bond donors (Lipinski definition) is 2. The molecule has 0 atom stereocenters. The Morgan fingerprint density at radius 3 is 2.58 bits per heavy atom. The van der Waals surface area contributed by atoms with Crippen molar-refractivity contribution in [1.82, 2.24) is 20.3 Å². The van der Waals surface area contributed by atoms with Crippen LogP contribution < -0.4 is 10.2 Å². The predicted octanol–water partition coefficient (Wildman–Crippen LogP) is 0.407. The van der Waals surface area contributed by atoms with E-state index in [-0.39, 0.29) is 6.61 Å². The maximum Gasteiger partial charge on any atom is 0.245 e. The Morgan fingerprint density at radius 2 is 1.84 bits per heavy atom. The monoisotopic (exact) mass is 264 g/mol. The van der Waals surface area contributed by atoms with Crippen molar-refractivity contribution in [2.75, 3.05) is 36.5 Å². The summed E-state index contributed by atoms with van der Waals surface area (Å²) in [7, 11) is 0. The van der Waals surface area contributed by atoms with Crippen LogP contribution in [0, 0.1) is 0 Å². The van der Waals surface area contributed by atoms with Crippen LogP contribution in [0.1, 0.15) is 19.3 Å². The van der Waals surface area contributed by atoms with E-state index in [9.17, 15) is 0 Å². The lowest BCUT2D eigenvalue weighted by Gasteiger charge is -2.28. The third-order valence-corrected chi connectivity index (χ3v) is 3.16. The van der Waals surface area contributed by atoms with Crippen molar-refractivity contribution in [1.29, 1.82) is 0 Å². The van der Waals surface area contributed by atoms with Gasteiger partial charge in [0.25, 0.3) is 0 Å². The van der Waals surface area contributed by atoms with Crippen LogP contribution in [0.2, 0.25) is 0 Å². The van der Waals surface area contributed by atoms with E-state index in [4.69, 9.17) is 5.11 Å². The number of fused-ring (bicyclic) bond motifs is 1. The van der Waals surface area contributed by atoms with E-state index in [0.717, 1.165) is 31.7 Å². The molecule has 19 heavy (non-hydrogen) atoms. The summed E-state index contributed by atoms with van der Waals surface area (Å²) in [6.45, 7) is 2.38. The van der Waals surface area contributed by atoms with E-state index in [1.165, 1.54) is 6.42 Å². The average molecular weight is 264 g/mol. The summed E-state index contributed by atoms with van der Waals surface area (Å²) >= 11 is 0. The van der Waals surface area contributed by atoms with Gasteiger partial charge in [-0.15, -0.1) is 0 Å². The molecule has 2 N–H and O–H groups in total. The highest BCUT2D eigenvalue weighted by atomic mass is 16.6. The van der Waals surface area contributed by atoms with Crippen LogP contribution in [-0.4, -0.2) is 51.6 Å². The van der Waals surface area contributed by atoms with Gasteiger partial charge in [0.05, 0.1) is 6.61 Å². The molecule has 1 saturated heterocycles. The van der Waals surface area contributed by atoms with Gasteiger partial charge in [-0.25, -0.2) is 14.6 Å². The molecular weight excluding hydrogens is 248 g/mol. The fraction of sp³-hybridized carbons (Fsp3) is 0.636. The van der Waals surface area contributed by atoms with Gasteiger partial charge in [0, 0.05) is 19.6 Å². The Bertz CT molecular complexity index is 551. The van der Waals surface area contributed by atoms with E-state index in [1.54, 1.807) is 0 Å². The molecule has 1 aliphatic rings. The molecule has 1 fully saturated rings. The zero-order valence-corrected chi connectivity index (χ0v) is 10.5. The molecule has 0 spiro atoms. The van der Waals surface area contributed by atoms with Gasteiger partial charge < -0.3 is 15.3 Å². The number of aliphatic hydroxyl groups excluding tert-OH is 1. The molecule has 0 saturated carbocycles. The Balaban J connectivity index is 1.97. The average Bonchev–Trinajstić information content (AvgIpc) is 2.92. The summed E-state index contributed by atoms with van der Waals surface area (Å²) in [5, 5.41) is 19.4. The van der Waals surface area contributed by atoms with Gasteiger partial charge in [-0.05, 0) is 29.6 Å². The number of anilines is 2. The number of nitrogens with zero attached hydrogens (tertiary/aromatic N) is 5. The van der Waals surface area contributed by atoms with Crippen LogP contribution in [0.15, 0.2) is 4.63 Å². The molecular formula is C11H16N6O2.